The zero-order valence-corrected chi connectivity index (χ0v) is 14.6. The van der Waals surface area contributed by atoms with Crippen molar-refractivity contribution in [2.75, 3.05) is 36.4 Å². The van der Waals surface area contributed by atoms with Gasteiger partial charge in [0.05, 0.1) is 17.4 Å². The normalized spacial score (nSPS) is 14.4. The minimum absolute atomic E-state index is 0.206. The van der Waals surface area contributed by atoms with E-state index >= 15 is 0 Å². The van der Waals surface area contributed by atoms with Crippen molar-refractivity contribution in [2.45, 2.75) is 0 Å². The Morgan fingerprint density at radius 3 is 2.50 bits per heavy atom. The van der Waals surface area contributed by atoms with Crippen LogP contribution in [0, 0.1) is 0 Å². The van der Waals surface area contributed by atoms with Crippen molar-refractivity contribution in [1.82, 2.24) is 9.88 Å². The molecule has 0 atom stereocenters. The summed E-state index contributed by atoms with van der Waals surface area (Å²) < 4.78 is 0.743. The topological polar surface area (TPSA) is 65.5 Å². The summed E-state index contributed by atoms with van der Waals surface area (Å²) in [7, 11) is 0. The lowest BCUT2D eigenvalue weighted by Gasteiger charge is -2.33. The molecule has 0 unspecified atom stereocenters. The highest BCUT2D eigenvalue weighted by Gasteiger charge is 2.16. The van der Waals surface area contributed by atoms with Crippen LogP contribution in [0.3, 0.4) is 0 Å². The van der Waals surface area contributed by atoms with Gasteiger partial charge in [-0.2, -0.15) is 0 Å². The van der Waals surface area contributed by atoms with Crippen molar-refractivity contribution >= 4 is 39.8 Å². The Hall–Kier alpha value is -2.41. The predicted molar refractivity (Wildman–Crippen MR) is 96.2 cm³/mol. The highest BCUT2D eigenvalue weighted by Crippen LogP contribution is 2.19. The Morgan fingerprint density at radius 1 is 1.12 bits per heavy atom. The second-order valence-corrected chi connectivity index (χ2v) is 6.32. The molecule has 1 saturated heterocycles. The van der Waals surface area contributed by atoms with Gasteiger partial charge in [-0.25, -0.2) is 4.98 Å². The molecule has 0 saturated carbocycles. The lowest BCUT2D eigenvalue weighted by atomic mass is 10.2. The number of nitrogens with one attached hydrogen (secondary N) is 1. The van der Waals surface area contributed by atoms with Crippen LogP contribution in [-0.4, -0.2) is 48.4 Å². The van der Waals surface area contributed by atoms with Crippen LogP contribution in [0.25, 0.3) is 0 Å². The highest BCUT2D eigenvalue weighted by atomic mass is 79.9. The fourth-order valence-electron chi connectivity index (χ4n) is 2.56. The number of amides is 2. The summed E-state index contributed by atoms with van der Waals surface area (Å²) in [5.74, 6) is 0.299. The van der Waals surface area contributed by atoms with Crippen LogP contribution >= 0.6 is 15.9 Å². The summed E-state index contributed by atoms with van der Waals surface area (Å²) in [5, 5.41) is 2.79. The van der Waals surface area contributed by atoms with Crippen molar-refractivity contribution in [3.8, 4) is 0 Å². The zero-order chi connectivity index (χ0) is 16.9. The van der Waals surface area contributed by atoms with Crippen LogP contribution in [0.2, 0.25) is 0 Å². The second kappa shape index (κ2) is 7.44. The van der Waals surface area contributed by atoms with Gasteiger partial charge in [0.2, 0.25) is 6.41 Å². The van der Waals surface area contributed by atoms with E-state index in [0.717, 1.165) is 29.7 Å². The first-order valence-corrected chi connectivity index (χ1v) is 8.43. The summed E-state index contributed by atoms with van der Waals surface area (Å²) in [6, 6.07) is 11.0. The van der Waals surface area contributed by atoms with Crippen LogP contribution in [0.15, 0.2) is 47.1 Å². The number of hydrogen-bond donors (Lipinski definition) is 1. The third-order valence-electron chi connectivity index (χ3n) is 3.94. The Labute approximate surface area is 148 Å². The third-order valence-corrected chi connectivity index (χ3v) is 4.63. The molecule has 24 heavy (non-hydrogen) atoms. The number of benzene rings is 1. The van der Waals surface area contributed by atoms with E-state index in [2.05, 4.69) is 31.1 Å². The summed E-state index contributed by atoms with van der Waals surface area (Å²) in [4.78, 5) is 31.3. The van der Waals surface area contributed by atoms with E-state index in [4.69, 9.17) is 0 Å². The molecule has 2 aromatic rings. The number of hydrogen-bond acceptors (Lipinski definition) is 4. The van der Waals surface area contributed by atoms with E-state index in [1.165, 1.54) is 0 Å². The summed E-state index contributed by atoms with van der Waals surface area (Å²) in [6.45, 7) is 2.99. The molecule has 0 radical (unpaired) electrons. The number of carbonyl (C=O) groups is 2. The Kier molecular flexibility index (Phi) is 5.10. The van der Waals surface area contributed by atoms with Crippen molar-refractivity contribution in [3.63, 3.8) is 0 Å². The van der Waals surface area contributed by atoms with Gasteiger partial charge >= 0.3 is 0 Å². The van der Waals surface area contributed by atoms with Gasteiger partial charge in [0.25, 0.3) is 5.91 Å². The standard InChI is InChI=1S/C17H17BrN4O2/c18-15-4-2-1-3-14(15)17(24)20-16-6-5-13(11-19-16)22-9-7-21(12-23)8-10-22/h1-6,11-12H,7-10H2,(H,19,20,24). The predicted octanol–water partition coefficient (Wildman–Crippen LogP) is 2.37. The molecular formula is C17H17BrN4O2. The molecule has 1 N–H and O–H groups in total. The fourth-order valence-corrected chi connectivity index (χ4v) is 3.03. The van der Waals surface area contributed by atoms with Crippen molar-refractivity contribution in [3.05, 3.63) is 52.6 Å². The molecule has 1 aromatic carbocycles. The molecule has 2 amide bonds. The molecule has 7 heteroatoms. The number of pyridine rings is 1. The number of rotatable bonds is 4. The molecule has 1 aliphatic heterocycles. The third kappa shape index (κ3) is 3.73. The monoisotopic (exact) mass is 388 g/mol. The molecule has 124 valence electrons. The first-order chi connectivity index (χ1) is 11.7. The number of nitrogens with zero attached hydrogens (tertiary/aromatic N) is 3. The van der Waals surface area contributed by atoms with Gasteiger partial charge in [-0.1, -0.05) is 12.1 Å². The van der Waals surface area contributed by atoms with E-state index in [1.807, 2.05) is 24.3 Å². The maximum Gasteiger partial charge on any atom is 0.257 e. The minimum Gasteiger partial charge on any atom is -0.367 e. The van der Waals surface area contributed by atoms with Gasteiger partial charge in [0, 0.05) is 30.7 Å². The lowest BCUT2D eigenvalue weighted by molar-refractivity contribution is -0.118. The van der Waals surface area contributed by atoms with Gasteiger partial charge in [0.15, 0.2) is 0 Å². The molecule has 1 aliphatic rings. The van der Waals surface area contributed by atoms with Gasteiger partial charge in [0.1, 0.15) is 5.82 Å². The number of carbonyl (C=O) groups excluding carboxylic acids is 2. The maximum atomic E-state index is 12.3. The molecule has 1 fully saturated rings. The fraction of sp³-hybridized carbons (Fsp3) is 0.235. The lowest BCUT2D eigenvalue weighted by Crippen LogP contribution is -2.45. The van der Waals surface area contributed by atoms with Gasteiger partial charge in [-0.3, -0.25) is 9.59 Å². The van der Waals surface area contributed by atoms with E-state index in [1.54, 1.807) is 23.2 Å². The van der Waals surface area contributed by atoms with Gasteiger partial charge < -0.3 is 15.1 Å². The molecule has 0 spiro atoms. The Balaban J connectivity index is 1.64. The number of anilines is 2. The van der Waals surface area contributed by atoms with Crippen molar-refractivity contribution in [2.24, 2.45) is 0 Å². The first-order valence-electron chi connectivity index (χ1n) is 7.63. The Bertz CT molecular complexity index is 728. The van der Waals surface area contributed by atoms with Crippen LogP contribution in [-0.2, 0) is 4.79 Å². The van der Waals surface area contributed by atoms with E-state index in [0.29, 0.717) is 24.5 Å². The highest BCUT2D eigenvalue weighted by molar-refractivity contribution is 9.10. The molecule has 2 heterocycles. The van der Waals surface area contributed by atoms with Gasteiger partial charge in [-0.15, -0.1) is 0 Å². The van der Waals surface area contributed by atoms with Crippen molar-refractivity contribution < 1.29 is 9.59 Å². The average Bonchev–Trinajstić information content (AvgIpc) is 2.63. The van der Waals surface area contributed by atoms with Crippen molar-refractivity contribution in [1.29, 1.82) is 0 Å². The largest absolute Gasteiger partial charge is 0.367 e. The number of halogens is 1. The second-order valence-electron chi connectivity index (χ2n) is 5.46. The number of piperazine rings is 1. The van der Waals surface area contributed by atoms with E-state index < -0.39 is 0 Å². The molecular weight excluding hydrogens is 372 g/mol. The van der Waals surface area contributed by atoms with E-state index in [9.17, 15) is 9.59 Å². The summed E-state index contributed by atoms with van der Waals surface area (Å²) >= 11 is 3.37. The van der Waals surface area contributed by atoms with Gasteiger partial charge in [-0.05, 0) is 40.2 Å². The minimum atomic E-state index is -0.206. The molecule has 1 aromatic heterocycles. The van der Waals surface area contributed by atoms with Crippen LogP contribution in [0.4, 0.5) is 11.5 Å². The van der Waals surface area contributed by atoms with Crippen LogP contribution < -0.4 is 10.2 Å². The average molecular weight is 389 g/mol. The quantitative estimate of drug-likeness (QED) is 0.816. The molecule has 0 bridgehead atoms. The Morgan fingerprint density at radius 2 is 1.88 bits per heavy atom. The van der Waals surface area contributed by atoms with Crippen LogP contribution in [0.5, 0.6) is 0 Å². The zero-order valence-electron chi connectivity index (χ0n) is 13.0. The van der Waals surface area contributed by atoms with E-state index in [-0.39, 0.29) is 5.91 Å². The first kappa shape index (κ1) is 16.4. The molecule has 0 aliphatic carbocycles. The smallest absolute Gasteiger partial charge is 0.257 e. The molecule has 3 rings (SSSR count). The SMILES string of the molecule is O=CN1CCN(c2ccc(NC(=O)c3ccccc3Br)nc2)CC1. The maximum absolute atomic E-state index is 12.3. The molecule has 6 nitrogen and oxygen atoms in total. The van der Waals surface area contributed by atoms with Crippen LogP contribution in [0.1, 0.15) is 10.4 Å². The number of aromatic nitrogens is 1. The summed E-state index contributed by atoms with van der Waals surface area (Å²) in [6.07, 6.45) is 2.63. The summed E-state index contributed by atoms with van der Waals surface area (Å²) in [5.41, 5.74) is 1.55.